The van der Waals surface area contributed by atoms with Gasteiger partial charge < -0.3 is 24.6 Å². The van der Waals surface area contributed by atoms with Gasteiger partial charge in [-0.05, 0) is 11.1 Å². The molecule has 1 rings (SSSR count). The van der Waals surface area contributed by atoms with E-state index in [-0.39, 0.29) is 36.0 Å². The maximum Gasteiger partial charge on any atom is 1.00 e. The van der Waals surface area contributed by atoms with Gasteiger partial charge in [-0.15, -0.1) is 0 Å². The maximum absolute atomic E-state index is 10.5. The van der Waals surface area contributed by atoms with Crippen LogP contribution in [0, 0.1) is 0 Å². The van der Waals surface area contributed by atoms with Crippen LogP contribution in [0.15, 0.2) is 0 Å². The Morgan fingerprint density at radius 1 is 1.50 bits per heavy atom. The van der Waals surface area contributed by atoms with Gasteiger partial charge in [0.25, 0.3) is 0 Å². The molecule has 8 heteroatoms. The minimum Gasteiger partial charge on any atom is -0.770 e. The fraction of sp³-hybridized carbons (Fsp3) is 1.00. The van der Waals surface area contributed by atoms with Gasteiger partial charge in [0.05, 0.1) is 12.7 Å². The molecule has 2 unspecified atom stereocenters. The third-order valence-electron chi connectivity index (χ3n) is 1.93. The van der Waals surface area contributed by atoms with Crippen LogP contribution in [0.2, 0.25) is 0 Å². The minimum atomic E-state index is -2.46. The molecule has 0 saturated carbocycles. The minimum absolute atomic E-state index is 0. The summed E-state index contributed by atoms with van der Waals surface area (Å²) in [7, 11) is 0. The summed E-state index contributed by atoms with van der Waals surface area (Å²) in [6.45, 7) is -0.522. The van der Waals surface area contributed by atoms with Crippen molar-refractivity contribution >= 4 is 11.1 Å². The largest absolute Gasteiger partial charge is 1.00 e. The van der Waals surface area contributed by atoms with Gasteiger partial charge in [0.15, 0.2) is 0 Å². The second kappa shape index (κ2) is 6.51. The predicted molar refractivity (Wildman–Crippen MR) is 41.3 cm³/mol. The van der Waals surface area contributed by atoms with Crippen LogP contribution in [-0.4, -0.2) is 54.4 Å². The molecule has 0 amide bonds. The van der Waals surface area contributed by atoms with Crippen LogP contribution in [-0.2, 0) is 15.8 Å². The van der Waals surface area contributed by atoms with E-state index in [1.165, 1.54) is 0 Å². The third-order valence-corrected chi connectivity index (χ3v) is 2.66. The molecular formula is C6H11NaO6S. The third kappa shape index (κ3) is 3.51. The van der Waals surface area contributed by atoms with Crippen molar-refractivity contribution in [3.05, 3.63) is 0 Å². The number of ether oxygens (including phenoxy) is 1. The van der Waals surface area contributed by atoms with E-state index in [9.17, 15) is 19.0 Å². The van der Waals surface area contributed by atoms with Gasteiger partial charge >= 0.3 is 29.6 Å². The van der Waals surface area contributed by atoms with Gasteiger partial charge in [-0.1, -0.05) is 0 Å². The molecule has 0 bridgehead atoms. The van der Waals surface area contributed by atoms with Crippen molar-refractivity contribution in [2.45, 2.75) is 30.2 Å². The average molecular weight is 234 g/mol. The molecule has 0 aromatic carbocycles. The topological polar surface area (TPSA) is 110 Å². The molecule has 0 radical (unpaired) electrons. The summed E-state index contributed by atoms with van der Waals surface area (Å²) in [5.41, 5.74) is -1.16. The van der Waals surface area contributed by atoms with Gasteiger partial charge in [-0.25, -0.2) is 0 Å². The van der Waals surface area contributed by atoms with Gasteiger partial charge in [0.2, 0.25) is 0 Å². The van der Waals surface area contributed by atoms with Crippen molar-refractivity contribution in [2.24, 2.45) is 0 Å². The molecule has 0 aliphatic carbocycles. The van der Waals surface area contributed by atoms with Crippen LogP contribution in [0.3, 0.4) is 0 Å². The van der Waals surface area contributed by atoms with E-state index in [4.69, 9.17) is 9.84 Å². The molecule has 1 saturated heterocycles. The normalized spacial score (nSPS) is 40.0. The van der Waals surface area contributed by atoms with Crippen LogP contribution in [0.25, 0.3) is 0 Å². The summed E-state index contributed by atoms with van der Waals surface area (Å²) in [6, 6.07) is 0. The summed E-state index contributed by atoms with van der Waals surface area (Å²) >= 11 is -2.46. The molecule has 1 aliphatic rings. The van der Waals surface area contributed by atoms with E-state index in [0.29, 0.717) is 0 Å². The zero-order chi connectivity index (χ0) is 10.0. The van der Waals surface area contributed by atoms with Gasteiger partial charge in [0, 0.05) is 6.42 Å². The van der Waals surface area contributed by atoms with E-state index >= 15 is 0 Å². The Morgan fingerprint density at radius 2 is 2.07 bits per heavy atom. The van der Waals surface area contributed by atoms with E-state index in [1.807, 2.05) is 0 Å². The standard InChI is InChI=1S/C6H12O6S.Na/c7-2-4-6(9)3(8)1-5(12-4)13(10)11;/h3-9H,1-2H2,(H,10,11);/q;+1/p-1/t3-,4-,5?,6+;/m1./s1. The van der Waals surface area contributed by atoms with E-state index in [2.05, 4.69) is 0 Å². The zero-order valence-electron chi connectivity index (χ0n) is 7.70. The Hall–Kier alpha value is 0.950. The van der Waals surface area contributed by atoms with Crippen molar-refractivity contribution in [3.63, 3.8) is 0 Å². The molecule has 14 heavy (non-hydrogen) atoms. The molecule has 78 valence electrons. The molecule has 5 atom stereocenters. The monoisotopic (exact) mass is 234 g/mol. The molecule has 0 spiro atoms. The van der Waals surface area contributed by atoms with E-state index in [0.717, 1.165) is 0 Å². The van der Waals surface area contributed by atoms with Gasteiger partial charge in [0.1, 0.15) is 17.6 Å². The number of aliphatic hydroxyl groups excluding tert-OH is 3. The first-order valence-corrected chi connectivity index (χ1v) is 4.90. The molecule has 0 aromatic heterocycles. The average Bonchev–Trinajstić information content (AvgIpc) is 2.09. The fourth-order valence-electron chi connectivity index (χ4n) is 1.19. The van der Waals surface area contributed by atoms with Crippen molar-refractivity contribution in [1.29, 1.82) is 0 Å². The Labute approximate surface area is 106 Å². The maximum atomic E-state index is 10.5. The SMILES string of the molecule is O=S([O-])C1C[C@@H](O)[C@H](O)[C@@H](CO)O1.[Na+]. The van der Waals surface area contributed by atoms with Crippen LogP contribution in [0.4, 0.5) is 0 Å². The zero-order valence-corrected chi connectivity index (χ0v) is 10.5. The number of rotatable bonds is 2. The molecule has 6 nitrogen and oxygen atoms in total. The Bertz CT molecular complexity index is 203. The molecule has 1 aliphatic heterocycles. The van der Waals surface area contributed by atoms with E-state index in [1.54, 1.807) is 0 Å². The molecule has 1 heterocycles. The van der Waals surface area contributed by atoms with E-state index < -0.39 is 41.4 Å². The Morgan fingerprint density at radius 3 is 2.50 bits per heavy atom. The first-order chi connectivity index (χ1) is 6.06. The van der Waals surface area contributed by atoms with Crippen molar-refractivity contribution in [3.8, 4) is 0 Å². The van der Waals surface area contributed by atoms with Crippen LogP contribution in [0.1, 0.15) is 6.42 Å². The van der Waals surface area contributed by atoms with Crippen molar-refractivity contribution < 1.29 is 58.4 Å². The molecule has 0 aromatic rings. The van der Waals surface area contributed by atoms with Gasteiger partial charge in [-0.3, -0.25) is 4.21 Å². The van der Waals surface area contributed by atoms with Crippen LogP contribution < -0.4 is 29.6 Å². The summed E-state index contributed by atoms with van der Waals surface area (Å²) < 4.78 is 25.7. The van der Waals surface area contributed by atoms with Crippen LogP contribution >= 0.6 is 0 Å². The first kappa shape index (κ1) is 14.9. The summed E-state index contributed by atoms with van der Waals surface area (Å²) in [5.74, 6) is 0. The smallest absolute Gasteiger partial charge is 0.770 e. The molecule has 3 N–H and O–H groups in total. The Balaban J connectivity index is 0.00000169. The van der Waals surface area contributed by atoms with Gasteiger partial charge in [-0.2, -0.15) is 0 Å². The number of hydrogen-bond donors (Lipinski definition) is 3. The van der Waals surface area contributed by atoms with Crippen molar-refractivity contribution in [2.75, 3.05) is 6.61 Å². The second-order valence-corrected chi connectivity index (χ2v) is 3.89. The summed E-state index contributed by atoms with van der Waals surface area (Å²) in [4.78, 5) is 0. The molecular weight excluding hydrogens is 223 g/mol. The first-order valence-electron chi connectivity index (χ1n) is 3.76. The Kier molecular flexibility index (Phi) is 6.96. The summed E-state index contributed by atoms with van der Waals surface area (Å²) in [6.07, 6.45) is -3.61. The predicted octanol–water partition coefficient (Wildman–Crippen LogP) is -5.30. The molecule has 1 fully saturated rings. The van der Waals surface area contributed by atoms with Crippen LogP contribution in [0.5, 0.6) is 0 Å². The fourth-order valence-corrected chi connectivity index (χ4v) is 1.78. The van der Waals surface area contributed by atoms with Crippen molar-refractivity contribution in [1.82, 2.24) is 0 Å². The summed E-state index contributed by atoms with van der Waals surface area (Å²) in [5, 5.41) is 27.1. The quantitative estimate of drug-likeness (QED) is 0.325. The number of hydrogen-bond acceptors (Lipinski definition) is 6. The second-order valence-electron chi connectivity index (χ2n) is 2.84. The number of aliphatic hydroxyl groups is 3.